The van der Waals surface area contributed by atoms with Gasteiger partial charge in [0.25, 0.3) is 0 Å². The lowest BCUT2D eigenvalue weighted by Crippen LogP contribution is -1.54. The van der Waals surface area contributed by atoms with Crippen molar-refractivity contribution in [3.63, 3.8) is 0 Å². The molecule has 3 N–H and O–H groups in total. The maximum atomic E-state index is 7.23. The van der Waals surface area contributed by atoms with Crippen molar-refractivity contribution in [2.45, 2.75) is 7.43 Å². The van der Waals surface area contributed by atoms with E-state index in [0.717, 1.165) is 0 Å². The summed E-state index contributed by atoms with van der Waals surface area (Å²) in [4.78, 5) is 21.7. The molecule has 0 radical (unpaired) electrons. The smallest absolute Gasteiger partial charge is 0.324 e. The normalized spacial score (nSPS) is 7.20. The summed E-state index contributed by atoms with van der Waals surface area (Å²) < 4.78 is 0. The average molecular weight is 98.0 g/mol. The molecule has 0 spiro atoms. The van der Waals surface area contributed by atoms with E-state index in [1.54, 1.807) is 0 Å². The highest BCUT2D eigenvalue weighted by molar-refractivity contribution is 7.38. The highest BCUT2D eigenvalue weighted by Gasteiger charge is 1.76. The molecule has 0 saturated heterocycles. The monoisotopic (exact) mass is 98.0 g/mol. The van der Waals surface area contributed by atoms with E-state index in [2.05, 4.69) is 0 Å². The van der Waals surface area contributed by atoms with Gasteiger partial charge in [0.1, 0.15) is 0 Å². The fourth-order valence-electron chi connectivity index (χ4n) is 0. The van der Waals surface area contributed by atoms with Crippen molar-refractivity contribution in [1.29, 1.82) is 0 Å². The Labute approximate surface area is 31.9 Å². The van der Waals surface area contributed by atoms with Gasteiger partial charge in [0.15, 0.2) is 0 Å². The quantitative estimate of drug-likeness (QED) is 0.368. The Morgan fingerprint density at radius 1 is 1.00 bits per heavy atom. The van der Waals surface area contributed by atoms with Crippen LogP contribution < -0.4 is 0 Å². The molecule has 0 aliphatic rings. The molecule has 0 atom stereocenters. The van der Waals surface area contributed by atoms with Crippen molar-refractivity contribution in [3.8, 4) is 0 Å². The Morgan fingerprint density at radius 2 is 1.00 bits per heavy atom. The van der Waals surface area contributed by atoms with E-state index in [0.29, 0.717) is 0 Å². The Morgan fingerprint density at radius 3 is 1.00 bits per heavy atom. The van der Waals surface area contributed by atoms with Crippen molar-refractivity contribution in [2.24, 2.45) is 0 Å². The summed E-state index contributed by atoms with van der Waals surface area (Å²) >= 11 is 0. The maximum Gasteiger partial charge on any atom is 0.324 e. The van der Waals surface area contributed by atoms with Crippen molar-refractivity contribution in [3.05, 3.63) is 0 Å². The summed E-state index contributed by atoms with van der Waals surface area (Å²) in [6, 6.07) is 0. The van der Waals surface area contributed by atoms with E-state index in [1.807, 2.05) is 0 Å². The van der Waals surface area contributed by atoms with Crippen LogP contribution in [0, 0.1) is 0 Å². The minimum Gasteiger partial charge on any atom is -0.328 e. The molecule has 0 amide bonds. The molecule has 0 aromatic heterocycles. The van der Waals surface area contributed by atoms with Gasteiger partial charge in [-0.1, -0.05) is 7.43 Å². The molecular weight excluding hydrogens is 91.0 g/mol. The standard InChI is InChI=1S/CH4.H3O3P/c;1-4(2)3/h1H4;1-3H. The molecule has 0 rings (SSSR count). The fourth-order valence-corrected chi connectivity index (χ4v) is 0. The average Bonchev–Trinajstić information content (AvgIpc) is 0.811. The van der Waals surface area contributed by atoms with Crippen LogP contribution in [0.15, 0.2) is 0 Å². The minimum absolute atomic E-state index is 0. The summed E-state index contributed by atoms with van der Waals surface area (Å²) in [6.45, 7) is 0. The van der Waals surface area contributed by atoms with Crippen molar-refractivity contribution in [1.82, 2.24) is 0 Å². The molecule has 0 unspecified atom stereocenters. The summed E-state index contributed by atoms with van der Waals surface area (Å²) in [7, 11) is -2.62. The molecule has 0 bridgehead atoms. The summed E-state index contributed by atoms with van der Waals surface area (Å²) in [5.41, 5.74) is 0. The lowest BCUT2D eigenvalue weighted by molar-refractivity contribution is 0.368. The van der Waals surface area contributed by atoms with Crippen molar-refractivity contribution < 1.29 is 14.7 Å². The van der Waals surface area contributed by atoms with Gasteiger partial charge in [-0.3, -0.25) is 0 Å². The second-order valence-electron chi connectivity index (χ2n) is 0.268. The Bertz CT molecular complexity index is 11.6. The maximum absolute atomic E-state index is 7.23. The highest BCUT2D eigenvalue weighted by atomic mass is 31.2. The number of hydrogen-bond donors (Lipinski definition) is 3. The molecule has 34 valence electrons. The van der Waals surface area contributed by atoms with Crippen LogP contribution in [0.2, 0.25) is 0 Å². The zero-order chi connectivity index (χ0) is 3.58. The molecule has 3 nitrogen and oxygen atoms in total. The first-order chi connectivity index (χ1) is 1.73. The zero-order valence-electron chi connectivity index (χ0n) is 1.79. The van der Waals surface area contributed by atoms with Crippen LogP contribution in [0.25, 0.3) is 0 Å². The molecule has 0 aromatic carbocycles. The number of rotatable bonds is 0. The number of hydrogen-bond acceptors (Lipinski definition) is 3. The van der Waals surface area contributed by atoms with Gasteiger partial charge in [0.2, 0.25) is 0 Å². The molecule has 0 saturated carbocycles. The SMILES string of the molecule is C.OP(O)O. The molecule has 5 heavy (non-hydrogen) atoms. The third-order valence-electron chi connectivity index (χ3n) is 0. The van der Waals surface area contributed by atoms with E-state index in [-0.39, 0.29) is 7.43 Å². The van der Waals surface area contributed by atoms with Crippen LogP contribution in [-0.4, -0.2) is 14.7 Å². The Hall–Kier alpha value is 0.310. The van der Waals surface area contributed by atoms with Crippen molar-refractivity contribution >= 4 is 8.60 Å². The van der Waals surface area contributed by atoms with Crippen LogP contribution in [0.3, 0.4) is 0 Å². The van der Waals surface area contributed by atoms with Gasteiger partial charge in [0.05, 0.1) is 0 Å². The highest BCUT2D eigenvalue weighted by Crippen LogP contribution is 2.11. The van der Waals surface area contributed by atoms with Gasteiger partial charge in [-0.25, -0.2) is 0 Å². The molecule has 0 aliphatic carbocycles. The Balaban J connectivity index is 0. The summed E-state index contributed by atoms with van der Waals surface area (Å²) in [6.07, 6.45) is 0. The van der Waals surface area contributed by atoms with Gasteiger partial charge >= 0.3 is 8.60 Å². The lowest BCUT2D eigenvalue weighted by atomic mass is 12.0. The van der Waals surface area contributed by atoms with Crippen LogP contribution in [0.1, 0.15) is 7.43 Å². The summed E-state index contributed by atoms with van der Waals surface area (Å²) in [5, 5.41) is 0. The fraction of sp³-hybridized carbons (Fsp3) is 1.00. The molecule has 0 fully saturated rings. The van der Waals surface area contributed by atoms with E-state index in [1.165, 1.54) is 0 Å². The topological polar surface area (TPSA) is 60.7 Å². The zero-order valence-corrected chi connectivity index (χ0v) is 2.68. The van der Waals surface area contributed by atoms with Crippen LogP contribution in [-0.2, 0) is 0 Å². The minimum atomic E-state index is -2.62. The predicted molar refractivity (Wildman–Crippen MR) is 20.3 cm³/mol. The van der Waals surface area contributed by atoms with Gasteiger partial charge in [0, 0.05) is 0 Å². The van der Waals surface area contributed by atoms with Gasteiger partial charge in [-0.15, -0.1) is 0 Å². The molecule has 0 heterocycles. The van der Waals surface area contributed by atoms with Gasteiger partial charge in [-0.05, 0) is 0 Å². The van der Waals surface area contributed by atoms with Gasteiger partial charge < -0.3 is 14.7 Å². The summed E-state index contributed by atoms with van der Waals surface area (Å²) in [5.74, 6) is 0. The van der Waals surface area contributed by atoms with E-state index < -0.39 is 8.60 Å². The first-order valence-electron chi connectivity index (χ1n) is 0.600. The van der Waals surface area contributed by atoms with E-state index in [9.17, 15) is 0 Å². The molecule has 0 aromatic rings. The van der Waals surface area contributed by atoms with Crippen LogP contribution in [0.5, 0.6) is 0 Å². The molecule has 4 heteroatoms. The molecule has 0 aliphatic heterocycles. The Kier molecular flexibility index (Phi) is 7.76. The second-order valence-corrected chi connectivity index (χ2v) is 0.805. The second kappa shape index (κ2) is 4.31. The first-order valence-corrected chi connectivity index (χ1v) is 1.80. The third kappa shape index (κ3) is 239. The van der Waals surface area contributed by atoms with E-state index in [4.69, 9.17) is 14.7 Å². The van der Waals surface area contributed by atoms with Gasteiger partial charge in [-0.2, -0.15) is 0 Å². The first kappa shape index (κ1) is 9.00. The van der Waals surface area contributed by atoms with Crippen molar-refractivity contribution in [2.75, 3.05) is 0 Å². The third-order valence-corrected chi connectivity index (χ3v) is 0. The molecular formula is CH7O3P. The predicted octanol–water partition coefficient (Wildman–Crippen LogP) is -0.174. The lowest BCUT2D eigenvalue weighted by Gasteiger charge is -1.76. The van der Waals surface area contributed by atoms with Crippen LogP contribution in [0.4, 0.5) is 0 Å². The van der Waals surface area contributed by atoms with E-state index >= 15 is 0 Å². The largest absolute Gasteiger partial charge is 0.328 e. The van der Waals surface area contributed by atoms with Crippen LogP contribution >= 0.6 is 8.60 Å².